The lowest BCUT2D eigenvalue weighted by Gasteiger charge is -2.35. The molecule has 3 rings (SSSR count). The molecule has 3 amide bonds. The largest absolute Gasteiger partial charge is 0.481 e. The van der Waals surface area contributed by atoms with E-state index in [1.54, 1.807) is 38.1 Å². The van der Waals surface area contributed by atoms with Gasteiger partial charge in [0.2, 0.25) is 5.91 Å². The fraction of sp³-hybridized carbons (Fsp3) is 0.462. The van der Waals surface area contributed by atoms with Gasteiger partial charge < -0.3 is 35.4 Å². The highest BCUT2D eigenvalue weighted by Gasteiger charge is 2.31. The first-order valence-corrected chi connectivity index (χ1v) is 12.8. The van der Waals surface area contributed by atoms with Crippen molar-refractivity contribution in [3.63, 3.8) is 0 Å². The van der Waals surface area contributed by atoms with Crippen molar-refractivity contribution < 1.29 is 34.1 Å². The molecule has 0 saturated carbocycles. The normalized spacial score (nSPS) is 14.7. The van der Waals surface area contributed by atoms with Gasteiger partial charge in [-0.05, 0) is 20.3 Å². The van der Waals surface area contributed by atoms with Gasteiger partial charge in [0.05, 0.1) is 13.2 Å². The highest BCUT2D eigenvalue weighted by atomic mass is 16.6. The predicted octanol–water partition coefficient (Wildman–Crippen LogP) is 1.20. The van der Waals surface area contributed by atoms with Crippen LogP contribution in [0.5, 0.6) is 0 Å². The maximum Gasteiger partial charge on any atom is 0.409 e. The summed E-state index contributed by atoms with van der Waals surface area (Å²) in [6, 6.07) is 8.94. The van der Waals surface area contributed by atoms with E-state index in [2.05, 4.69) is 20.6 Å². The first kappa shape index (κ1) is 29.3. The van der Waals surface area contributed by atoms with E-state index in [1.165, 1.54) is 15.9 Å². The van der Waals surface area contributed by atoms with Gasteiger partial charge in [-0.3, -0.25) is 14.4 Å². The number of aliphatic hydroxyl groups is 1. The van der Waals surface area contributed by atoms with E-state index in [1.807, 2.05) is 6.07 Å². The average Bonchev–Trinajstić information content (AvgIpc) is 2.95. The predicted molar refractivity (Wildman–Crippen MR) is 141 cm³/mol. The summed E-state index contributed by atoms with van der Waals surface area (Å²) in [6.45, 7) is 4.48. The number of piperazine rings is 1. The zero-order valence-corrected chi connectivity index (χ0v) is 22.0. The number of amides is 3. The first-order valence-electron chi connectivity index (χ1n) is 12.8. The summed E-state index contributed by atoms with van der Waals surface area (Å²) in [5, 5.41) is 24.3. The van der Waals surface area contributed by atoms with Gasteiger partial charge in [-0.2, -0.15) is 0 Å². The molecule has 13 nitrogen and oxygen atoms in total. The Bertz CT molecular complexity index is 1150. The van der Waals surface area contributed by atoms with Crippen LogP contribution in [0.25, 0.3) is 11.4 Å². The van der Waals surface area contributed by atoms with Gasteiger partial charge in [-0.1, -0.05) is 30.3 Å². The molecular weight excluding hydrogens is 508 g/mol. The Morgan fingerprint density at radius 2 is 1.72 bits per heavy atom. The number of carbonyl (C=O) groups excluding carboxylic acids is 3. The summed E-state index contributed by atoms with van der Waals surface area (Å²) in [7, 11) is 0. The number of anilines is 1. The van der Waals surface area contributed by atoms with Crippen LogP contribution in [0.2, 0.25) is 0 Å². The third kappa shape index (κ3) is 8.37. The molecule has 0 radical (unpaired) electrons. The number of aromatic nitrogens is 2. The van der Waals surface area contributed by atoms with E-state index < -0.39 is 29.9 Å². The Morgan fingerprint density at radius 3 is 2.33 bits per heavy atom. The number of rotatable bonds is 11. The number of carboxylic acid groups (broad SMARTS) is 1. The molecule has 0 aliphatic carbocycles. The second-order valence-electron chi connectivity index (χ2n) is 9.03. The number of aliphatic hydroxyl groups excluding tert-OH is 1. The average molecular weight is 543 g/mol. The van der Waals surface area contributed by atoms with Crippen molar-refractivity contribution in [2.75, 3.05) is 44.7 Å². The van der Waals surface area contributed by atoms with Crippen molar-refractivity contribution in [1.29, 1.82) is 0 Å². The summed E-state index contributed by atoms with van der Waals surface area (Å²) in [6.07, 6.45) is -0.918. The monoisotopic (exact) mass is 542 g/mol. The Balaban J connectivity index is 1.81. The number of hydrogen-bond donors (Lipinski definition) is 4. The molecule has 1 aliphatic rings. The Kier molecular flexibility index (Phi) is 10.6. The van der Waals surface area contributed by atoms with Crippen LogP contribution in [0.3, 0.4) is 0 Å². The fourth-order valence-electron chi connectivity index (χ4n) is 3.95. The third-order valence-electron chi connectivity index (χ3n) is 6.03. The molecule has 1 saturated heterocycles. The van der Waals surface area contributed by atoms with Crippen molar-refractivity contribution in [2.45, 2.75) is 38.8 Å². The maximum absolute atomic E-state index is 13.3. The van der Waals surface area contributed by atoms with Crippen molar-refractivity contribution >= 4 is 29.7 Å². The number of ether oxygens (including phenoxy) is 1. The molecule has 1 aromatic carbocycles. The molecule has 39 heavy (non-hydrogen) atoms. The van der Waals surface area contributed by atoms with Gasteiger partial charge in [0.25, 0.3) is 5.91 Å². The summed E-state index contributed by atoms with van der Waals surface area (Å²) >= 11 is 0. The van der Waals surface area contributed by atoms with Gasteiger partial charge in [-0.25, -0.2) is 14.8 Å². The van der Waals surface area contributed by atoms with E-state index in [0.29, 0.717) is 11.4 Å². The Hall–Kier alpha value is -4.26. The van der Waals surface area contributed by atoms with Crippen LogP contribution in [-0.4, -0.2) is 105 Å². The molecule has 0 bridgehead atoms. The highest BCUT2D eigenvalue weighted by molar-refractivity contribution is 5.97. The standard InChI is InChI=1S/C26H34N6O7/c1-3-39-26(38)32-13-11-31(12-14-32)25(37)19(9-10-22(34)35)29-24(36)20-15-21(27-17(2)16-33)30-23(28-20)18-7-5-4-6-8-18/h4-8,15,17,19,33H,3,9-14,16H2,1-2H3,(H,29,36)(H,34,35)(H,27,28,30)/t17-,19+/m1/s1. The molecule has 210 valence electrons. The number of carbonyl (C=O) groups is 4. The Labute approximate surface area is 226 Å². The van der Waals surface area contributed by atoms with Crippen molar-refractivity contribution in [3.8, 4) is 11.4 Å². The molecule has 0 unspecified atom stereocenters. The number of nitrogens with one attached hydrogen (secondary N) is 2. The molecule has 1 aliphatic heterocycles. The van der Waals surface area contributed by atoms with Crippen LogP contribution in [0.4, 0.5) is 10.6 Å². The fourth-order valence-corrected chi connectivity index (χ4v) is 3.95. The number of nitrogens with zero attached hydrogens (tertiary/aromatic N) is 4. The quantitative estimate of drug-likeness (QED) is 0.323. The number of carboxylic acids is 1. The lowest BCUT2D eigenvalue weighted by Crippen LogP contribution is -2.56. The van der Waals surface area contributed by atoms with Crippen LogP contribution < -0.4 is 10.6 Å². The van der Waals surface area contributed by atoms with Gasteiger partial charge in [0, 0.05) is 50.3 Å². The smallest absolute Gasteiger partial charge is 0.409 e. The molecule has 13 heteroatoms. The van der Waals surface area contributed by atoms with E-state index in [9.17, 15) is 29.4 Å². The number of benzene rings is 1. The molecule has 2 atom stereocenters. The van der Waals surface area contributed by atoms with Crippen LogP contribution in [-0.2, 0) is 14.3 Å². The molecule has 2 heterocycles. The zero-order valence-electron chi connectivity index (χ0n) is 22.0. The number of aliphatic carboxylic acids is 1. The SMILES string of the molecule is CCOC(=O)N1CCN(C(=O)[C@H](CCC(=O)O)NC(=O)c2cc(N[C@H](C)CO)nc(-c3ccccc3)n2)CC1. The Morgan fingerprint density at radius 1 is 1.05 bits per heavy atom. The van der Waals surface area contributed by atoms with Gasteiger partial charge in [0.15, 0.2) is 5.82 Å². The maximum atomic E-state index is 13.3. The lowest BCUT2D eigenvalue weighted by molar-refractivity contribution is -0.138. The molecule has 2 aromatic rings. The van der Waals surface area contributed by atoms with E-state index in [4.69, 9.17) is 4.74 Å². The minimum Gasteiger partial charge on any atom is -0.481 e. The van der Waals surface area contributed by atoms with Gasteiger partial charge in [-0.15, -0.1) is 0 Å². The van der Waals surface area contributed by atoms with E-state index >= 15 is 0 Å². The van der Waals surface area contributed by atoms with Crippen LogP contribution in [0.15, 0.2) is 36.4 Å². The summed E-state index contributed by atoms with van der Waals surface area (Å²) < 4.78 is 5.00. The summed E-state index contributed by atoms with van der Waals surface area (Å²) in [4.78, 5) is 61.7. The molecule has 1 aromatic heterocycles. The van der Waals surface area contributed by atoms with Crippen molar-refractivity contribution in [3.05, 3.63) is 42.1 Å². The highest BCUT2D eigenvalue weighted by Crippen LogP contribution is 2.19. The minimum atomic E-state index is -1.12. The molecular formula is C26H34N6O7. The van der Waals surface area contributed by atoms with Crippen molar-refractivity contribution in [1.82, 2.24) is 25.1 Å². The molecule has 4 N–H and O–H groups in total. The number of hydrogen-bond acceptors (Lipinski definition) is 9. The van der Waals surface area contributed by atoms with Crippen LogP contribution in [0.1, 0.15) is 37.2 Å². The second-order valence-corrected chi connectivity index (χ2v) is 9.03. The van der Waals surface area contributed by atoms with Gasteiger partial charge in [0.1, 0.15) is 17.6 Å². The van der Waals surface area contributed by atoms with Gasteiger partial charge >= 0.3 is 12.1 Å². The lowest BCUT2D eigenvalue weighted by atomic mass is 10.1. The van der Waals surface area contributed by atoms with Crippen molar-refractivity contribution in [2.24, 2.45) is 0 Å². The summed E-state index contributed by atoms with van der Waals surface area (Å²) in [5.41, 5.74) is 0.626. The van der Waals surface area contributed by atoms with Crippen LogP contribution >= 0.6 is 0 Å². The van der Waals surface area contributed by atoms with Crippen LogP contribution in [0, 0.1) is 0 Å². The third-order valence-corrected chi connectivity index (χ3v) is 6.03. The minimum absolute atomic E-state index is 0.0308. The molecule has 1 fully saturated rings. The topological polar surface area (TPSA) is 174 Å². The first-order chi connectivity index (χ1) is 18.7. The van der Waals surface area contributed by atoms with E-state index in [0.717, 1.165) is 0 Å². The molecule has 0 spiro atoms. The summed E-state index contributed by atoms with van der Waals surface area (Å²) in [5.74, 6) is -1.66. The zero-order chi connectivity index (χ0) is 28.4. The van der Waals surface area contributed by atoms with E-state index in [-0.39, 0.29) is 69.8 Å². The second kappa shape index (κ2) is 14.0.